The highest BCUT2D eigenvalue weighted by Gasteiger charge is 2.38. The summed E-state index contributed by atoms with van der Waals surface area (Å²) < 4.78 is 37.1. The molecule has 0 radical (unpaired) electrons. The Balaban J connectivity index is 0.000000318. The summed E-state index contributed by atoms with van der Waals surface area (Å²) in [7, 11) is 0. The van der Waals surface area contributed by atoms with E-state index in [1.807, 2.05) is 0 Å². The van der Waals surface area contributed by atoms with Gasteiger partial charge in [-0.2, -0.15) is 18.2 Å². The van der Waals surface area contributed by atoms with Crippen molar-refractivity contribution in [2.45, 2.75) is 44.3 Å². The van der Waals surface area contributed by atoms with Crippen molar-refractivity contribution in [1.29, 1.82) is 0 Å². The molecule has 12 heteroatoms. The van der Waals surface area contributed by atoms with Crippen LogP contribution < -0.4 is 11.3 Å². The molecule has 2 heterocycles. The lowest BCUT2D eigenvalue weighted by Gasteiger charge is -2.17. The number of aliphatic carboxylic acids is 1. The van der Waals surface area contributed by atoms with Crippen LogP contribution in [0.5, 0.6) is 0 Å². The average molecular weight is 425 g/mol. The van der Waals surface area contributed by atoms with Gasteiger partial charge in [0.15, 0.2) is 5.82 Å². The second kappa shape index (κ2) is 7.86. The number of H-pyrrole nitrogens is 1. The van der Waals surface area contributed by atoms with Crippen LogP contribution in [0, 0.1) is 6.92 Å². The van der Waals surface area contributed by atoms with Crippen LogP contribution >= 0.6 is 0 Å². The highest BCUT2D eigenvalue weighted by Crippen LogP contribution is 2.35. The zero-order chi connectivity index (χ0) is 22.1. The lowest BCUT2D eigenvalue weighted by Crippen LogP contribution is -2.34. The maximum Gasteiger partial charge on any atom is 0.490 e. The lowest BCUT2D eigenvalue weighted by atomic mass is 9.99. The van der Waals surface area contributed by atoms with Gasteiger partial charge in [-0.15, -0.1) is 0 Å². The van der Waals surface area contributed by atoms with Gasteiger partial charge in [-0.25, -0.2) is 9.78 Å². The van der Waals surface area contributed by atoms with Gasteiger partial charge in [-0.1, -0.05) is 18.0 Å². The zero-order valence-electron chi connectivity index (χ0n) is 15.8. The maximum absolute atomic E-state index is 11.9. The zero-order valence-corrected chi connectivity index (χ0v) is 15.8. The number of benzene rings is 1. The van der Waals surface area contributed by atoms with Crippen LogP contribution in [0.25, 0.3) is 22.4 Å². The Morgan fingerprint density at radius 3 is 2.50 bits per heavy atom. The minimum atomic E-state index is -5.08. The maximum atomic E-state index is 11.9. The van der Waals surface area contributed by atoms with E-state index in [-0.39, 0.29) is 5.56 Å². The third-order valence-electron chi connectivity index (χ3n) is 4.68. The molecule has 2 aromatic heterocycles. The van der Waals surface area contributed by atoms with E-state index >= 15 is 0 Å². The summed E-state index contributed by atoms with van der Waals surface area (Å²) in [6.07, 6.45) is -1.16. The number of nitrogens with one attached hydrogen (secondary N) is 1. The van der Waals surface area contributed by atoms with Crippen molar-refractivity contribution >= 4 is 16.9 Å². The van der Waals surface area contributed by atoms with Gasteiger partial charge in [-0.05, 0) is 38.0 Å². The molecule has 0 saturated heterocycles. The van der Waals surface area contributed by atoms with E-state index in [2.05, 4.69) is 20.1 Å². The molecule has 1 aliphatic carbocycles. The molecule has 1 aromatic carbocycles. The molecule has 0 aliphatic heterocycles. The molecular weight excluding hydrogens is 407 g/mol. The third-order valence-corrected chi connectivity index (χ3v) is 4.68. The average Bonchev–Trinajstić information content (AvgIpc) is 3.31. The minimum Gasteiger partial charge on any atom is -0.475 e. The van der Waals surface area contributed by atoms with Gasteiger partial charge in [0.1, 0.15) is 5.82 Å². The number of carboxylic acid groups (broad SMARTS) is 1. The van der Waals surface area contributed by atoms with Crippen molar-refractivity contribution in [2.24, 2.45) is 5.73 Å². The summed E-state index contributed by atoms with van der Waals surface area (Å²) in [5.74, 6) is -1.23. The number of aromatic nitrogens is 4. The number of hydrogen-bond acceptors (Lipinski definition) is 7. The van der Waals surface area contributed by atoms with Gasteiger partial charge >= 0.3 is 12.1 Å². The summed E-state index contributed by atoms with van der Waals surface area (Å²) in [6.45, 7) is 1.75. The molecule has 1 fully saturated rings. The van der Waals surface area contributed by atoms with Crippen LogP contribution in [-0.4, -0.2) is 37.4 Å². The first-order chi connectivity index (χ1) is 14.0. The van der Waals surface area contributed by atoms with Crippen molar-refractivity contribution in [2.75, 3.05) is 0 Å². The predicted octanol–water partition coefficient (Wildman–Crippen LogP) is 2.64. The van der Waals surface area contributed by atoms with E-state index < -0.39 is 17.7 Å². The standard InChI is InChI=1S/C16H17N5O2.C2HF3O2/c1-9-18-12-8-10(4-5-11(12)13(22)19-9)14-20-15(21-23-14)16(17)6-2-3-7-16;3-2(4,5)1(6)7/h4-5,8H,2-3,6-7,17H2,1H3,(H,18,19,22);(H,6,7). The fourth-order valence-corrected chi connectivity index (χ4v) is 3.16. The molecule has 160 valence electrons. The largest absolute Gasteiger partial charge is 0.490 e. The number of aromatic amines is 1. The second-order valence-corrected chi connectivity index (χ2v) is 6.97. The van der Waals surface area contributed by atoms with Crippen LogP contribution in [0.2, 0.25) is 0 Å². The SMILES string of the molecule is Cc1nc2cc(-c3nc(C4(N)CCCC4)no3)ccc2c(=O)[nH]1.O=C(O)C(F)(F)F. The number of hydrogen-bond donors (Lipinski definition) is 3. The van der Waals surface area contributed by atoms with Gasteiger partial charge in [0.2, 0.25) is 0 Å². The number of aryl methyl sites for hydroxylation is 1. The van der Waals surface area contributed by atoms with E-state index in [1.165, 1.54) is 0 Å². The van der Waals surface area contributed by atoms with Crippen LogP contribution in [0.1, 0.15) is 37.3 Å². The van der Waals surface area contributed by atoms with Crippen molar-refractivity contribution < 1.29 is 27.6 Å². The number of alkyl halides is 3. The highest BCUT2D eigenvalue weighted by atomic mass is 19.4. The number of halogens is 3. The summed E-state index contributed by atoms with van der Waals surface area (Å²) in [5, 5.41) is 11.7. The number of carbonyl (C=O) groups is 1. The Morgan fingerprint density at radius 1 is 1.27 bits per heavy atom. The quantitative estimate of drug-likeness (QED) is 0.567. The molecule has 3 aromatic rings. The number of carboxylic acids is 1. The third kappa shape index (κ3) is 4.48. The Hall–Kier alpha value is -3.28. The van der Waals surface area contributed by atoms with Crippen molar-refractivity contribution in [1.82, 2.24) is 20.1 Å². The molecule has 0 bridgehead atoms. The van der Waals surface area contributed by atoms with Gasteiger partial charge in [0.25, 0.3) is 11.4 Å². The van der Waals surface area contributed by atoms with E-state index in [9.17, 15) is 18.0 Å². The Bertz CT molecular complexity index is 1130. The predicted molar refractivity (Wildman–Crippen MR) is 98.4 cm³/mol. The molecule has 1 saturated carbocycles. The molecular formula is C18H18F3N5O4. The Morgan fingerprint density at radius 2 is 1.90 bits per heavy atom. The number of fused-ring (bicyclic) bond motifs is 1. The molecule has 0 atom stereocenters. The normalized spacial score (nSPS) is 15.6. The number of nitrogens with two attached hydrogens (primary N) is 1. The minimum absolute atomic E-state index is 0.155. The van der Waals surface area contributed by atoms with Crippen LogP contribution in [0.4, 0.5) is 13.2 Å². The van der Waals surface area contributed by atoms with Gasteiger partial charge in [0.05, 0.1) is 16.4 Å². The first-order valence-electron chi connectivity index (χ1n) is 8.94. The molecule has 0 spiro atoms. The smallest absolute Gasteiger partial charge is 0.475 e. The molecule has 1 aliphatic rings. The molecule has 30 heavy (non-hydrogen) atoms. The van der Waals surface area contributed by atoms with E-state index in [0.29, 0.717) is 28.4 Å². The Kier molecular flexibility index (Phi) is 5.61. The second-order valence-electron chi connectivity index (χ2n) is 6.97. The summed E-state index contributed by atoms with van der Waals surface area (Å²) >= 11 is 0. The summed E-state index contributed by atoms with van der Waals surface area (Å²) in [6, 6.07) is 5.28. The molecule has 0 unspecified atom stereocenters. The first kappa shape index (κ1) is 21.4. The monoisotopic (exact) mass is 425 g/mol. The fourth-order valence-electron chi connectivity index (χ4n) is 3.16. The molecule has 9 nitrogen and oxygen atoms in total. The van der Waals surface area contributed by atoms with Crippen molar-refractivity contribution in [3.8, 4) is 11.5 Å². The first-order valence-corrected chi connectivity index (χ1v) is 8.94. The molecule has 0 amide bonds. The van der Waals surface area contributed by atoms with Crippen LogP contribution in [0.3, 0.4) is 0 Å². The van der Waals surface area contributed by atoms with E-state index in [1.54, 1.807) is 25.1 Å². The van der Waals surface area contributed by atoms with Crippen molar-refractivity contribution in [3.63, 3.8) is 0 Å². The lowest BCUT2D eigenvalue weighted by molar-refractivity contribution is -0.192. The van der Waals surface area contributed by atoms with Crippen molar-refractivity contribution in [3.05, 3.63) is 40.2 Å². The number of rotatable bonds is 2. The van der Waals surface area contributed by atoms with E-state index in [0.717, 1.165) is 31.2 Å². The fraction of sp³-hybridized carbons (Fsp3) is 0.389. The molecule has 4 N–H and O–H groups in total. The van der Waals surface area contributed by atoms with Gasteiger partial charge < -0.3 is 20.3 Å². The number of nitrogens with zero attached hydrogens (tertiary/aromatic N) is 3. The summed E-state index contributed by atoms with van der Waals surface area (Å²) in [5.41, 5.74) is 7.06. The highest BCUT2D eigenvalue weighted by molar-refractivity contribution is 5.82. The topological polar surface area (TPSA) is 148 Å². The van der Waals surface area contributed by atoms with Crippen LogP contribution in [-0.2, 0) is 10.3 Å². The Labute approximate surface area is 167 Å². The summed E-state index contributed by atoms with van der Waals surface area (Å²) in [4.78, 5) is 32.3. The van der Waals surface area contributed by atoms with Crippen LogP contribution in [0.15, 0.2) is 27.5 Å². The van der Waals surface area contributed by atoms with E-state index in [4.69, 9.17) is 20.2 Å². The van der Waals surface area contributed by atoms with Gasteiger partial charge in [-0.3, -0.25) is 4.79 Å². The molecule has 4 rings (SSSR count). The van der Waals surface area contributed by atoms with Gasteiger partial charge in [0, 0.05) is 5.56 Å².